The van der Waals surface area contributed by atoms with Gasteiger partial charge in [-0.15, -0.1) is 0 Å². The molecule has 0 saturated carbocycles. The number of nitrogens with two attached hydrogens (primary N) is 1. The molecule has 0 aromatic heterocycles. The van der Waals surface area contributed by atoms with Crippen LogP contribution in [-0.2, 0) is 16.1 Å². The molecule has 3 rings (SSSR count). The van der Waals surface area contributed by atoms with Crippen molar-refractivity contribution in [2.24, 2.45) is 11.7 Å². The zero-order valence-corrected chi connectivity index (χ0v) is 15.6. The van der Waals surface area contributed by atoms with Crippen LogP contribution >= 0.6 is 0 Å². The van der Waals surface area contributed by atoms with E-state index >= 15 is 0 Å². The molecule has 1 fully saturated rings. The molecule has 144 valence electrons. The molecule has 6 heteroatoms. The van der Waals surface area contributed by atoms with Gasteiger partial charge < -0.3 is 15.6 Å². The lowest BCUT2D eigenvalue weighted by Gasteiger charge is -2.33. The van der Waals surface area contributed by atoms with Crippen molar-refractivity contribution >= 4 is 22.6 Å². The summed E-state index contributed by atoms with van der Waals surface area (Å²) in [5, 5.41) is 12.6. The molecule has 1 unspecified atom stereocenters. The second-order valence-electron chi connectivity index (χ2n) is 7.21. The first-order valence-corrected chi connectivity index (χ1v) is 9.32. The Bertz CT molecular complexity index is 849. The minimum atomic E-state index is -0.544. The minimum absolute atomic E-state index is 0.0141. The number of aromatic hydroxyl groups is 1. The maximum atomic E-state index is 12.1. The van der Waals surface area contributed by atoms with Crippen LogP contribution in [0, 0.1) is 5.92 Å². The van der Waals surface area contributed by atoms with Gasteiger partial charge in [-0.1, -0.05) is 24.3 Å². The van der Waals surface area contributed by atoms with Crippen molar-refractivity contribution in [1.82, 2.24) is 4.90 Å². The van der Waals surface area contributed by atoms with Gasteiger partial charge >= 0.3 is 5.97 Å². The van der Waals surface area contributed by atoms with E-state index in [-0.39, 0.29) is 17.2 Å². The highest BCUT2D eigenvalue weighted by atomic mass is 16.5. The summed E-state index contributed by atoms with van der Waals surface area (Å²) in [7, 11) is 1.31. The number of esters is 1. The van der Waals surface area contributed by atoms with Gasteiger partial charge in [-0.25, -0.2) is 4.79 Å². The molecule has 2 aromatic carbocycles. The first-order valence-electron chi connectivity index (χ1n) is 9.32. The molecule has 0 spiro atoms. The number of likely N-dealkylation sites (tertiary alicyclic amines) is 1. The topological polar surface area (TPSA) is 92.9 Å². The summed E-state index contributed by atoms with van der Waals surface area (Å²) in [5.41, 5.74) is 6.21. The Morgan fingerprint density at radius 1 is 1.33 bits per heavy atom. The number of ether oxygens (including phenoxy) is 1. The van der Waals surface area contributed by atoms with Gasteiger partial charge in [0.05, 0.1) is 7.11 Å². The number of phenols is 1. The number of phenolic OH excluding ortho intramolecular Hbond substituents is 1. The van der Waals surface area contributed by atoms with Gasteiger partial charge in [-0.2, -0.15) is 0 Å². The molecule has 1 saturated heterocycles. The first kappa shape index (κ1) is 19.2. The molecule has 2 aromatic rings. The Hall–Kier alpha value is -2.60. The van der Waals surface area contributed by atoms with Crippen molar-refractivity contribution in [3.63, 3.8) is 0 Å². The largest absolute Gasteiger partial charge is 0.507 e. The third-order valence-electron chi connectivity index (χ3n) is 5.32. The summed E-state index contributed by atoms with van der Waals surface area (Å²) in [6, 6.07) is 9.39. The standard InChI is InChI=1S/C21H26N2O4/c1-27-21(26)17-11-15-6-2-3-7-16(15)18(20(17)25)13-23-10-4-5-14(12-23)8-9-19(22)24/h2-3,6-7,11,14,25H,4-5,8-10,12-13H2,1H3,(H2,22,24). The Morgan fingerprint density at radius 2 is 2.11 bits per heavy atom. The quantitative estimate of drug-likeness (QED) is 0.763. The summed E-state index contributed by atoms with van der Waals surface area (Å²) in [6.07, 6.45) is 3.32. The van der Waals surface area contributed by atoms with Gasteiger partial charge in [0.1, 0.15) is 11.3 Å². The normalized spacial score (nSPS) is 17.7. The van der Waals surface area contributed by atoms with Gasteiger partial charge in [0.25, 0.3) is 0 Å². The van der Waals surface area contributed by atoms with Crippen LogP contribution in [0.1, 0.15) is 41.6 Å². The van der Waals surface area contributed by atoms with E-state index in [1.54, 1.807) is 6.07 Å². The van der Waals surface area contributed by atoms with Crippen LogP contribution in [0.4, 0.5) is 0 Å². The third kappa shape index (κ3) is 4.39. The average Bonchev–Trinajstić information content (AvgIpc) is 2.68. The third-order valence-corrected chi connectivity index (χ3v) is 5.32. The van der Waals surface area contributed by atoms with E-state index in [9.17, 15) is 14.7 Å². The summed E-state index contributed by atoms with van der Waals surface area (Å²) in [4.78, 5) is 25.4. The number of hydrogen-bond donors (Lipinski definition) is 2. The van der Waals surface area contributed by atoms with E-state index in [1.165, 1.54) is 7.11 Å². The van der Waals surface area contributed by atoms with Crippen LogP contribution in [0.15, 0.2) is 30.3 Å². The highest BCUT2D eigenvalue weighted by molar-refractivity contribution is 6.00. The first-order chi connectivity index (χ1) is 13.0. The number of nitrogens with zero attached hydrogens (tertiary/aromatic N) is 1. The van der Waals surface area contributed by atoms with Crippen molar-refractivity contribution < 1.29 is 19.4 Å². The van der Waals surface area contributed by atoms with Crippen LogP contribution in [0.5, 0.6) is 5.75 Å². The van der Waals surface area contributed by atoms with Crippen LogP contribution in [0.3, 0.4) is 0 Å². The minimum Gasteiger partial charge on any atom is -0.507 e. The molecule has 1 atom stereocenters. The zero-order valence-electron chi connectivity index (χ0n) is 15.6. The number of hydrogen-bond acceptors (Lipinski definition) is 5. The zero-order chi connectivity index (χ0) is 19.4. The van der Waals surface area contributed by atoms with Gasteiger partial charge in [-0.3, -0.25) is 9.69 Å². The Labute approximate surface area is 158 Å². The second-order valence-corrected chi connectivity index (χ2v) is 7.21. The lowest BCUT2D eigenvalue weighted by molar-refractivity contribution is -0.118. The van der Waals surface area contributed by atoms with Crippen LogP contribution < -0.4 is 5.73 Å². The SMILES string of the molecule is COC(=O)c1cc2ccccc2c(CN2CCCC(CCC(N)=O)C2)c1O. The molecular formula is C21H26N2O4. The van der Waals surface area contributed by atoms with Crippen LogP contribution in [-0.4, -0.2) is 42.1 Å². The predicted molar refractivity (Wildman–Crippen MR) is 103 cm³/mol. The van der Waals surface area contributed by atoms with E-state index < -0.39 is 5.97 Å². The van der Waals surface area contributed by atoms with Gasteiger partial charge in [0.15, 0.2) is 0 Å². The van der Waals surface area contributed by atoms with Crippen molar-refractivity contribution in [3.05, 3.63) is 41.5 Å². The van der Waals surface area contributed by atoms with Gasteiger partial charge in [0, 0.05) is 25.1 Å². The van der Waals surface area contributed by atoms with E-state index in [0.29, 0.717) is 18.9 Å². The van der Waals surface area contributed by atoms with Crippen molar-refractivity contribution in [1.29, 1.82) is 0 Å². The molecule has 6 nitrogen and oxygen atoms in total. The fourth-order valence-corrected chi connectivity index (χ4v) is 3.94. The summed E-state index contributed by atoms with van der Waals surface area (Å²) in [6.45, 7) is 2.32. The number of amides is 1. The maximum Gasteiger partial charge on any atom is 0.341 e. The van der Waals surface area contributed by atoms with E-state index in [4.69, 9.17) is 10.5 Å². The number of carbonyl (C=O) groups is 2. The second kappa shape index (κ2) is 8.39. The molecule has 1 aliphatic rings. The summed E-state index contributed by atoms with van der Waals surface area (Å²) < 4.78 is 4.83. The highest BCUT2D eigenvalue weighted by Crippen LogP contribution is 2.34. The van der Waals surface area contributed by atoms with E-state index in [0.717, 1.165) is 48.7 Å². The van der Waals surface area contributed by atoms with Crippen molar-refractivity contribution in [2.45, 2.75) is 32.2 Å². The van der Waals surface area contributed by atoms with Gasteiger partial charge in [-0.05, 0) is 48.6 Å². The van der Waals surface area contributed by atoms with Crippen LogP contribution in [0.25, 0.3) is 10.8 Å². The monoisotopic (exact) mass is 370 g/mol. The van der Waals surface area contributed by atoms with Crippen molar-refractivity contribution in [2.75, 3.05) is 20.2 Å². The number of primary amides is 1. The lowest BCUT2D eigenvalue weighted by Crippen LogP contribution is -2.35. The molecule has 1 heterocycles. The molecule has 0 bridgehead atoms. The van der Waals surface area contributed by atoms with E-state index in [1.807, 2.05) is 24.3 Å². The molecule has 0 aliphatic carbocycles. The average molecular weight is 370 g/mol. The number of carbonyl (C=O) groups excluding carboxylic acids is 2. The smallest absolute Gasteiger partial charge is 0.341 e. The number of piperidine rings is 1. The number of rotatable bonds is 6. The molecule has 3 N–H and O–H groups in total. The Morgan fingerprint density at radius 3 is 2.85 bits per heavy atom. The number of benzene rings is 2. The molecule has 1 amide bonds. The molecular weight excluding hydrogens is 344 g/mol. The van der Waals surface area contributed by atoms with Crippen LogP contribution in [0.2, 0.25) is 0 Å². The highest BCUT2D eigenvalue weighted by Gasteiger charge is 2.24. The fraction of sp³-hybridized carbons (Fsp3) is 0.429. The van der Waals surface area contributed by atoms with Gasteiger partial charge in [0.2, 0.25) is 5.91 Å². The number of methoxy groups -OCH3 is 1. The molecule has 0 radical (unpaired) electrons. The lowest BCUT2D eigenvalue weighted by atomic mass is 9.92. The Kier molecular flexibility index (Phi) is 5.96. The van der Waals surface area contributed by atoms with E-state index in [2.05, 4.69) is 4.90 Å². The Balaban J connectivity index is 1.88. The predicted octanol–water partition coefficient (Wildman–Crippen LogP) is 2.81. The summed E-state index contributed by atoms with van der Waals surface area (Å²) >= 11 is 0. The van der Waals surface area contributed by atoms with Crippen molar-refractivity contribution in [3.8, 4) is 5.75 Å². The number of fused-ring (bicyclic) bond motifs is 1. The maximum absolute atomic E-state index is 12.1. The molecule has 27 heavy (non-hydrogen) atoms. The fourth-order valence-electron chi connectivity index (χ4n) is 3.94. The summed E-state index contributed by atoms with van der Waals surface area (Å²) in [5.74, 6) is -0.401. The molecule has 1 aliphatic heterocycles.